The van der Waals surface area contributed by atoms with Crippen molar-refractivity contribution in [2.75, 3.05) is 26.2 Å². The van der Waals surface area contributed by atoms with Crippen LogP contribution in [0.15, 0.2) is 37.1 Å². The van der Waals surface area contributed by atoms with Gasteiger partial charge in [-0.3, -0.25) is 0 Å². The second kappa shape index (κ2) is 10.5. The van der Waals surface area contributed by atoms with Gasteiger partial charge in [0.05, 0.1) is 0 Å². The number of piperazine rings is 1. The molecule has 0 saturated carbocycles. The Morgan fingerprint density at radius 3 is 2.38 bits per heavy atom. The molecule has 1 aliphatic rings. The summed E-state index contributed by atoms with van der Waals surface area (Å²) in [6.45, 7) is 15.7. The maximum atomic E-state index is 3.56. The maximum absolute atomic E-state index is 3.56. The van der Waals surface area contributed by atoms with Gasteiger partial charge in [0.25, 0.3) is 0 Å². The molecule has 0 aromatic heterocycles. The van der Waals surface area contributed by atoms with E-state index in [9.17, 15) is 0 Å². The highest BCUT2D eigenvalue weighted by Gasteiger charge is 2.02. The number of unbranched alkanes of at least 4 members (excludes halogenated alkanes) is 1. The van der Waals surface area contributed by atoms with Crippen molar-refractivity contribution in [3.63, 3.8) is 0 Å². The average Bonchev–Trinajstić information content (AvgIpc) is 2.31. The van der Waals surface area contributed by atoms with E-state index in [1.54, 1.807) is 6.08 Å². The fourth-order valence-electron chi connectivity index (χ4n) is 1.22. The molecule has 0 radical (unpaired) electrons. The van der Waals surface area contributed by atoms with Gasteiger partial charge in [0.15, 0.2) is 0 Å². The summed E-state index contributed by atoms with van der Waals surface area (Å²) in [4.78, 5) is 2.38. The summed E-state index contributed by atoms with van der Waals surface area (Å²) < 4.78 is 0. The van der Waals surface area contributed by atoms with Crippen molar-refractivity contribution in [2.24, 2.45) is 0 Å². The Kier molecular flexibility index (Phi) is 9.83. The number of rotatable bonds is 4. The molecule has 1 rings (SSSR count). The molecule has 0 spiro atoms. The number of nitrogens with one attached hydrogen (secondary N) is 1. The van der Waals surface area contributed by atoms with Crippen LogP contribution in [0.5, 0.6) is 0 Å². The molecule has 92 valence electrons. The Hall–Kier alpha value is -1.02. The third-order valence-corrected chi connectivity index (χ3v) is 2.27. The molecule has 1 N–H and O–H groups in total. The van der Waals surface area contributed by atoms with Crippen LogP contribution in [-0.4, -0.2) is 31.1 Å². The summed E-state index contributed by atoms with van der Waals surface area (Å²) in [7, 11) is 0. The van der Waals surface area contributed by atoms with E-state index in [1.807, 2.05) is 6.92 Å². The van der Waals surface area contributed by atoms with E-state index in [0.29, 0.717) is 0 Å². The lowest BCUT2D eigenvalue weighted by atomic mass is 10.3. The van der Waals surface area contributed by atoms with Gasteiger partial charge in [0, 0.05) is 26.2 Å². The van der Waals surface area contributed by atoms with Gasteiger partial charge in [-0.1, -0.05) is 44.2 Å². The molecule has 0 bridgehead atoms. The molecule has 16 heavy (non-hydrogen) atoms. The number of allylic oxidation sites excluding steroid dienone is 3. The monoisotopic (exact) mass is 222 g/mol. The van der Waals surface area contributed by atoms with Gasteiger partial charge in [-0.05, 0) is 19.5 Å². The zero-order valence-electron chi connectivity index (χ0n) is 10.8. The van der Waals surface area contributed by atoms with Crippen molar-refractivity contribution in [1.29, 1.82) is 0 Å². The quantitative estimate of drug-likeness (QED) is 0.736. The molecule has 2 nitrogen and oxygen atoms in total. The third-order valence-electron chi connectivity index (χ3n) is 2.27. The Labute approximate surface area is 101 Å². The molecular formula is C14H26N2. The Balaban J connectivity index is 0.000000385. The van der Waals surface area contributed by atoms with Crippen molar-refractivity contribution in [3.8, 4) is 0 Å². The first-order chi connectivity index (χ1) is 7.70. The lowest BCUT2D eigenvalue weighted by molar-refractivity contribution is 0.323. The second-order valence-corrected chi connectivity index (χ2v) is 4.01. The molecule has 0 aromatic rings. The van der Waals surface area contributed by atoms with Crippen LogP contribution in [-0.2, 0) is 0 Å². The van der Waals surface area contributed by atoms with Gasteiger partial charge < -0.3 is 10.2 Å². The third kappa shape index (κ3) is 9.53. The molecule has 1 saturated heterocycles. The lowest BCUT2D eigenvalue weighted by Crippen LogP contribution is -2.40. The molecule has 1 fully saturated rings. The maximum Gasteiger partial charge on any atom is 0.0298 e. The molecule has 0 aliphatic carbocycles. The zero-order chi connectivity index (χ0) is 12.2. The van der Waals surface area contributed by atoms with Crippen LogP contribution >= 0.6 is 0 Å². The van der Waals surface area contributed by atoms with Crippen molar-refractivity contribution in [2.45, 2.75) is 26.7 Å². The summed E-state index contributed by atoms with van der Waals surface area (Å²) in [5.41, 5.74) is 1.02. The summed E-state index contributed by atoms with van der Waals surface area (Å²) >= 11 is 0. The molecule has 0 atom stereocenters. The average molecular weight is 222 g/mol. The van der Waals surface area contributed by atoms with Gasteiger partial charge in [0.2, 0.25) is 0 Å². The van der Waals surface area contributed by atoms with Crippen molar-refractivity contribution in [1.82, 2.24) is 10.2 Å². The minimum atomic E-state index is 1.02. The van der Waals surface area contributed by atoms with Gasteiger partial charge >= 0.3 is 0 Å². The smallest absolute Gasteiger partial charge is 0.0298 e. The first kappa shape index (κ1) is 15.0. The predicted octanol–water partition coefficient (Wildman–Crippen LogP) is 2.95. The number of nitrogens with zero attached hydrogens (tertiary/aromatic N) is 1. The van der Waals surface area contributed by atoms with Crippen LogP contribution in [0.25, 0.3) is 0 Å². The zero-order valence-corrected chi connectivity index (χ0v) is 10.8. The minimum absolute atomic E-state index is 1.02. The van der Waals surface area contributed by atoms with E-state index in [-0.39, 0.29) is 0 Å². The first-order valence-corrected chi connectivity index (χ1v) is 6.10. The van der Waals surface area contributed by atoms with Gasteiger partial charge in [-0.2, -0.15) is 0 Å². The molecule has 2 heteroatoms. The van der Waals surface area contributed by atoms with Crippen molar-refractivity contribution < 1.29 is 0 Å². The minimum Gasteiger partial charge on any atom is -0.375 e. The summed E-state index contributed by atoms with van der Waals surface area (Å²) in [6, 6.07) is 0. The summed E-state index contributed by atoms with van der Waals surface area (Å²) in [5.74, 6) is 0. The van der Waals surface area contributed by atoms with Crippen molar-refractivity contribution in [3.05, 3.63) is 37.1 Å². The largest absolute Gasteiger partial charge is 0.375 e. The van der Waals surface area contributed by atoms with Gasteiger partial charge in [0.1, 0.15) is 0 Å². The Morgan fingerprint density at radius 1 is 1.38 bits per heavy atom. The fourth-order valence-corrected chi connectivity index (χ4v) is 1.22. The van der Waals surface area contributed by atoms with Crippen LogP contribution in [0.3, 0.4) is 0 Å². The van der Waals surface area contributed by atoms with Crippen LogP contribution in [0.1, 0.15) is 26.7 Å². The van der Waals surface area contributed by atoms with E-state index in [1.165, 1.54) is 25.9 Å². The summed E-state index contributed by atoms with van der Waals surface area (Å²) in [6.07, 6.45) is 8.70. The van der Waals surface area contributed by atoms with Gasteiger partial charge in [-0.25, -0.2) is 0 Å². The molecular weight excluding hydrogens is 196 g/mol. The topological polar surface area (TPSA) is 15.3 Å². The molecule has 1 heterocycles. The Bertz CT molecular complexity index is 213. The van der Waals surface area contributed by atoms with E-state index in [2.05, 4.69) is 42.6 Å². The van der Waals surface area contributed by atoms with Crippen LogP contribution in [0.4, 0.5) is 0 Å². The number of hydrogen-bond donors (Lipinski definition) is 1. The molecule has 0 unspecified atom stereocenters. The van der Waals surface area contributed by atoms with E-state index in [4.69, 9.17) is 0 Å². The molecule has 0 amide bonds. The normalized spacial score (nSPS) is 15.5. The highest BCUT2D eigenvalue weighted by Crippen LogP contribution is 1.95. The Morgan fingerprint density at radius 2 is 1.94 bits per heavy atom. The first-order valence-electron chi connectivity index (χ1n) is 6.10. The van der Waals surface area contributed by atoms with Crippen molar-refractivity contribution >= 4 is 0 Å². The fraction of sp³-hybridized carbons (Fsp3) is 0.571. The SMILES string of the molecule is C=CC(=C)C.CCC/C=C/N1CCNCC1. The molecule has 0 aromatic carbocycles. The molecule has 1 aliphatic heterocycles. The van der Waals surface area contributed by atoms with E-state index in [0.717, 1.165) is 18.7 Å². The highest BCUT2D eigenvalue weighted by molar-refractivity contribution is 5.05. The van der Waals surface area contributed by atoms with Crippen LogP contribution in [0.2, 0.25) is 0 Å². The summed E-state index contributed by atoms with van der Waals surface area (Å²) in [5, 5.41) is 3.33. The van der Waals surface area contributed by atoms with Crippen LogP contribution < -0.4 is 5.32 Å². The standard InChI is InChI=1S/C9H18N2.C5H8/c1-2-3-4-7-11-8-5-10-6-9-11;1-4-5(2)3/h4,7,10H,2-3,5-6,8-9H2,1H3;4H,1-2H2,3H3/b7-4+;. The van der Waals surface area contributed by atoms with Gasteiger partial charge in [-0.15, -0.1) is 0 Å². The lowest BCUT2D eigenvalue weighted by Gasteiger charge is -2.25. The van der Waals surface area contributed by atoms with E-state index >= 15 is 0 Å². The predicted molar refractivity (Wildman–Crippen MR) is 73.5 cm³/mol. The number of hydrogen-bond acceptors (Lipinski definition) is 2. The second-order valence-electron chi connectivity index (χ2n) is 4.01. The highest BCUT2D eigenvalue weighted by atomic mass is 15.2. The van der Waals surface area contributed by atoms with Crippen LogP contribution in [0, 0.1) is 0 Å². The van der Waals surface area contributed by atoms with E-state index < -0.39 is 0 Å².